The molecule has 1 aliphatic rings. The van der Waals surface area contributed by atoms with Crippen LogP contribution in [0.4, 0.5) is 11.4 Å². The van der Waals surface area contributed by atoms with Gasteiger partial charge in [0.25, 0.3) is 0 Å². The van der Waals surface area contributed by atoms with E-state index in [4.69, 9.17) is 0 Å². The summed E-state index contributed by atoms with van der Waals surface area (Å²) in [5, 5.41) is 3.75. The third kappa shape index (κ3) is 2.55. The summed E-state index contributed by atoms with van der Waals surface area (Å²) in [4.78, 5) is 0. The molecule has 0 saturated carbocycles. The Labute approximate surface area is 166 Å². The van der Waals surface area contributed by atoms with E-state index in [2.05, 4.69) is 116 Å². The lowest BCUT2D eigenvalue weighted by Crippen LogP contribution is -2.14. The summed E-state index contributed by atoms with van der Waals surface area (Å²) in [7, 11) is 0. The first-order valence-electron chi connectivity index (χ1n) is 9.81. The second-order valence-electron chi connectivity index (χ2n) is 7.94. The van der Waals surface area contributed by atoms with E-state index in [1.54, 1.807) is 0 Å². The highest BCUT2D eigenvalue weighted by molar-refractivity contribution is 5.93. The molecule has 0 aliphatic heterocycles. The van der Waals surface area contributed by atoms with Gasteiger partial charge in [0, 0.05) is 27.9 Å². The van der Waals surface area contributed by atoms with Crippen molar-refractivity contribution in [2.45, 2.75) is 19.3 Å². The lowest BCUT2D eigenvalue weighted by molar-refractivity contribution is 0.660. The van der Waals surface area contributed by atoms with E-state index in [0.29, 0.717) is 0 Å². The molecule has 4 aromatic rings. The quantitative estimate of drug-likeness (QED) is 0.401. The first kappa shape index (κ1) is 16.8. The van der Waals surface area contributed by atoms with E-state index in [-0.39, 0.29) is 5.41 Å². The Bertz CT molecular complexity index is 1160. The van der Waals surface area contributed by atoms with Gasteiger partial charge in [-0.3, -0.25) is 0 Å². The smallest absolute Gasteiger partial charge is 0.0467 e. The van der Waals surface area contributed by atoms with Crippen LogP contribution in [0.15, 0.2) is 97.1 Å². The number of hydrogen-bond acceptors (Lipinski definition) is 1. The topological polar surface area (TPSA) is 12.0 Å². The number of rotatable bonds is 3. The molecule has 0 aromatic heterocycles. The maximum absolute atomic E-state index is 3.75. The highest BCUT2D eigenvalue weighted by atomic mass is 14.9. The van der Waals surface area contributed by atoms with Crippen LogP contribution in [0.3, 0.4) is 0 Å². The predicted octanol–water partition coefficient (Wildman–Crippen LogP) is 7.40. The molecular weight excluding hydrogens is 338 g/mol. The molecule has 0 atom stereocenters. The normalized spacial score (nSPS) is 13.6. The monoisotopic (exact) mass is 361 g/mol. The SMILES string of the molecule is CC1(C)c2ccccc2-c2c(Nc3ccccc3-c3ccccc3)cccc21. The van der Waals surface area contributed by atoms with Crippen LogP contribution >= 0.6 is 0 Å². The van der Waals surface area contributed by atoms with Crippen LogP contribution in [-0.4, -0.2) is 0 Å². The molecule has 0 unspecified atom stereocenters. The van der Waals surface area contributed by atoms with Gasteiger partial charge in [-0.25, -0.2) is 0 Å². The first-order chi connectivity index (χ1) is 13.7. The lowest BCUT2D eigenvalue weighted by Gasteiger charge is -2.22. The number of benzene rings is 4. The molecule has 1 aliphatic carbocycles. The van der Waals surface area contributed by atoms with Crippen molar-refractivity contribution in [1.82, 2.24) is 0 Å². The highest BCUT2D eigenvalue weighted by Crippen LogP contribution is 2.51. The van der Waals surface area contributed by atoms with Gasteiger partial charge in [0.15, 0.2) is 0 Å². The van der Waals surface area contributed by atoms with Crippen LogP contribution in [0.25, 0.3) is 22.3 Å². The largest absolute Gasteiger partial charge is 0.355 e. The molecule has 4 aromatic carbocycles. The molecule has 5 rings (SSSR count). The van der Waals surface area contributed by atoms with Crippen molar-refractivity contribution < 1.29 is 0 Å². The van der Waals surface area contributed by atoms with E-state index in [1.165, 1.54) is 39.1 Å². The zero-order valence-electron chi connectivity index (χ0n) is 16.2. The molecule has 1 N–H and O–H groups in total. The average molecular weight is 361 g/mol. The fraction of sp³-hybridized carbons (Fsp3) is 0.111. The van der Waals surface area contributed by atoms with Gasteiger partial charge in [0.05, 0.1) is 0 Å². The second kappa shape index (κ2) is 6.38. The Morgan fingerprint density at radius 2 is 1.14 bits per heavy atom. The summed E-state index contributed by atoms with van der Waals surface area (Å²) in [6, 6.07) is 34.5. The molecule has 0 heterocycles. The van der Waals surface area contributed by atoms with Crippen LogP contribution in [0.1, 0.15) is 25.0 Å². The van der Waals surface area contributed by atoms with Crippen LogP contribution in [0.2, 0.25) is 0 Å². The molecule has 28 heavy (non-hydrogen) atoms. The van der Waals surface area contributed by atoms with Crippen molar-refractivity contribution in [3.63, 3.8) is 0 Å². The van der Waals surface area contributed by atoms with Crippen molar-refractivity contribution in [2.75, 3.05) is 5.32 Å². The molecule has 0 amide bonds. The average Bonchev–Trinajstić information content (AvgIpc) is 2.98. The summed E-state index contributed by atoms with van der Waals surface area (Å²) < 4.78 is 0. The Morgan fingerprint density at radius 3 is 1.96 bits per heavy atom. The van der Waals surface area contributed by atoms with Gasteiger partial charge >= 0.3 is 0 Å². The van der Waals surface area contributed by atoms with Crippen LogP contribution in [0, 0.1) is 0 Å². The minimum atomic E-state index is 0.0164. The van der Waals surface area contributed by atoms with Gasteiger partial charge in [-0.05, 0) is 34.4 Å². The number of hydrogen-bond donors (Lipinski definition) is 1. The third-order valence-corrected chi connectivity index (χ3v) is 5.89. The van der Waals surface area contributed by atoms with E-state index in [9.17, 15) is 0 Å². The molecule has 136 valence electrons. The van der Waals surface area contributed by atoms with Crippen LogP contribution < -0.4 is 5.32 Å². The Balaban J connectivity index is 1.66. The van der Waals surface area contributed by atoms with Crippen molar-refractivity contribution in [2.24, 2.45) is 0 Å². The Morgan fingerprint density at radius 1 is 0.536 bits per heavy atom. The molecule has 0 fully saturated rings. The van der Waals surface area contributed by atoms with Crippen LogP contribution in [0.5, 0.6) is 0 Å². The molecule has 1 nitrogen and oxygen atoms in total. The minimum absolute atomic E-state index is 0.0164. The molecule has 0 saturated heterocycles. The molecular formula is C27H23N. The minimum Gasteiger partial charge on any atom is -0.355 e. The summed E-state index contributed by atoms with van der Waals surface area (Å²) >= 11 is 0. The third-order valence-electron chi connectivity index (χ3n) is 5.89. The fourth-order valence-electron chi connectivity index (χ4n) is 4.47. The maximum atomic E-state index is 3.75. The molecule has 1 heteroatoms. The van der Waals surface area contributed by atoms with Gasteiger partial charge in [0.1, 0.15) is 0 Å². The highest BCUT2D eigenvalue weighted by Gasteiger charge is 2.36. The summed E-state index contributed by atoms with van der Waals surface area (Å²) in [6.45, 7) is 4.64. The fourth-order valence-corrected chi connectivity index (χ4v) is 4.47. The van der Waals surface area contributed by atoms with Crippen molar-refractivity contribution in [3.8, 4) is 22.3 Å². The van der Waals surface area contributed by atoms with Crippen LogP contribution in [-0.2, 0) is 5.41 Å². The van der Waals surface area contributed by atoms with Crippen molar-refractivity contribution >= 4 is 11.4 Å². The van der Waals surface area contributed by atoms with E-state index >= 15 is 0 Å². The maximum Gasteiger partial charge on any atom is 0.0467 e. The zero-order chi connectivity index (χ0) is 19.1. The van der Waals surface area contributed by atoms with E-state index in [0.717, 1.165) is 5.69 Å². The number of anilines is 2. The van der Waals surface area contributed by atoms with E-state index in [1.807, 2.05) is 0 Å². The predicted molar refractivity (Wildman–Crippen MR) is 119 cm³/mol. The number of para-hydroxylation sites is 1. The molecule has 0 bridgehead atoms. The van der Waals surface area contributed by atoms with Gasteiger partial charge in [-0.2, -0.15) is 0 Å². The first-order valence-corrected chi connectivity index (χ1v) is 9.81. The summed E-state index contributed by atoms with van der Waals surface area (Å²) in [5.74, 6) is 0. The number of nitrogens with one attached hydrogen (secondary N) is 1. The van der Waals surface area contributed by atoms with Gasteiger partial charge in [0.2, 0.25) is 0 Å². The standard InChI is InChI=1S/C27H23N/c1-27(2)22-15-8-6-14-21(22)26-23(27)16-10-18-25(26)28-24-17-9-7-13-20(24)19-11-4-3-5-12-19/h3-18,28H,1-2H3. The number of fused-ring (bicyclic) bond motifs is 3. The summed E-state index contributed by atoms with van der Waals surface area (Å²) in [6.07, 6.45) is 0. The van der Waals surface area contributed by atoms with Gasteiger partial charge < -0.3 is 5.32 Å². The molecule has 0 radical (unpaired) electrons. The van der Waals surface area contributed by atoms with Crippen molar-refractivity contribution in [3.05, 3.63) is 108 Å². The lowest BCUT2D eigenvalue weighted by atomic mass is 9.82. The van der Waals surface area contributed by atoms with Gasteiger partial charge in [-0.1, -0.05) is 98.8 Å². The second-order valence-corrected chi connectivity index (χ2v) is 7.94. The molecule has 0 spiro atoms. The Hall–Kier alpha value is -3.32. The van der Waals surface area contributed by atoms with Gasteiger partial charge in [-0.15, -0.1) is 0 Å². The zero-order valence-corrected chi connectivity index (χ0v) is 16.2. The van der Waals surface area contributed by atoms with E-state index < -0.39 is 0 Å². The van der Waals surface area contributed by atoms with Crippen molar-refractivity contribution in [1.29, 1.82) is 0 Å². The Kier molecular flexibility index (Phi) is 3.84. The summed E-state index contributed by atoms with van der Waals surface area (Å²) in [5.41, 5.74) is 10.2.